The van der Waals surface area contributed by atoms with E-state index in [0.717, 1.165) is 35.4 Å². The zero-order chi connectivity index (χ0) is 19.3. The van der Waals surface area contributed by atoms with Gasteiger partial charge in [-0.05, 0) is 49.6 Å². The molecule has 0 aliphatic carbocycles. The summed E-state index contributed by atoms with van der Waals surface area (Å²) in [7, 11) is 1.95. The highest BCUT2D eigenvalue weighted by atomic mass is 32.2. The second-order valence-electron chi connectivity index (χ2n) is 6.93. The summed E-state index contributed by atoms with van der Waals surface area (Å²) >= 11 is 1.57. The lowest BCUT2D eigenvalue weighted by molar-refractivity contribution is 0.0995. The van der Waals surface area contributed by atoms with Crippen LogP contribution < -0.4 is 10.2 Å². The number of aryl methyl sites for hydroxylation is 1. The zero-order valence-electron chi connectivity index (χ0n) is 15.9. The molecule has 7 heteroatoms. The molecule has 1 N–H and O–H groups in total. The molecular weight excluding hydrogens is 372 g/mol. The Morgan fingerprint density at radius 3 is 2.86 bits per heavy atom. The summed E-state index contributed by atoms with van der Waals surface area (Å²) < 4.78 is 7.68. The van der Waals surface area contributed by atoms with E-state index in [1.165, 1.54) is 19.3 Å². The molecule has 1 aliphatic heterocycles. The fraction of sp³-hybridized carbons (Fsp3) is 0.333. The average Bonchev–Trinajstić information content (AvgIpc) is 3.36. The van der Waals surface area contributed by atoms with Gasteiger partial charge in [-0.15, -0.1) is 0 Å². The lowest BCUT2D eigenvalue weighted by atomic mass is 10.1. The molecule has 1 aromatic carbocycles. The van der Waals surface area contributed by atoms with E-state index >= 15 is 0 Å². The van der Waals surface area contributed by atoms with Crippen LogP contribution in [0.2, 0.25) is 0 Å². The van der Waals surface area contributed by atoms with E-state index in [1.807, 2.05) is 42.1 Å². The number of piperidine rings is 1. The van der Waals surface area contributed by atoms with Crippen molar-refractivity contribution >= 4 is 29.0 Å². The van der Waals surface area contributed by atoms with Crippen molar-refractivity contribution in [1.82, 2.24) is 9.55 Å². The molecule has 28 heavy (non-hydrogen) atoms. The van der Waals surface area contributed by atoms with Gasteiger partial charge in [-0.3, -0.25) is 4.79 Å². The number of carbonyl (C=O) groups is 1. The maximum Gasteiger partial charge on any atom is 0.291 e. The number of hydrogen-bond acceptors (Lipinski definition) is 5. The smallest absolute Gasteiger partial charge is 0.291 e. The van der Waals surface area contributed by atoms with Crippen LogP contribution in [0, 0.1) is 0 Å². The Kier molecular flexibility index (Phi) is 5.71. The molecule has 4 rings (SSSR count). The van der Waals surface area contributed by atoms with Crippen molar-refractivity contribution in [2.45, 2.75) is 30.2 Å². The number of rotatable bonds is 6. The van der Waals surface area contributed by atoms with Gasteiger partial charge in [0.05, 0.1) is 5.75 Å². The Morgan fingerprint density at radius 1 is 1.21 bits per heavy atom. The van der Waals surface area contributed by atoms with Crippen molar-refractivity contribution in [3.8, 4) is 0 Å². The number of benzene rings is 1. The Labute approximate surface area is 168 Å². The molecule has 3 heterocycles. The van der Waals surface area contributed by atoms with Gasteiger partial charge in [0.2, 0.25) is 0 Å². The Balaban J connectivity index is 1.37. The first-order valence-electron chi connectivity index (χ1n) is 9.54. The first kappa shape index (κ1) is 18.7. The van der Waals surface area contributed by atoms with Gasteiger partial charge in [0.15, 0.2) is 10.9 Å². The summed E-state index contributed by atoms with van der Waals surface area (Å²) in [6.45, 7) is 2.15. The van der Waals surface area contributed by atoms with Gasteiger partial charge in [0, 0.05) is 43.9 Å². The SMILES string of the molecule is Cn1ccnc1SCc1ccc(C(=O)Nc2cccc(N3CCCCC3)c2)o1. The highest BCUT2D eigenvalue weighted by Crippen LogP contribution is 2.25. The minimum atomic E-state index is -0.232. The van der Waals surface area contributed by atoms with Gasteiger partial charge in [0.25, 0.3) is 5.91 Å². The summed E-state index contributed by atoms with van der Waals surface area (Å²) in [4.78, 5) is 19.2. The molecule has 146 valence electrons. The highest BCUT2D eigenvalue weighted by molar-refractivity contribution is 7.98. The number of anilines is 2. The maximum atomic E-state index is 12.6. The number of hydrogen-bond donors (Lipinski definition) is 1. The van der Waals surface area contributed by atoms with Gasteiger partial charge in [-0.1, -0.05) is 17.8 Å². The van der Waals surface area contributed by atoms with Crippen LogP contribution in [-0.4, -0.2) is 28.5 Å². The number of amides is 1. The molecule has 1 saturated heterocycles. The molecule has 3 aromatic rings. The van der Waals surface area contributed by atoms with Gasteiger partial charge < -0.3 is 19.2 Å². The van der Waals surface area contributed by atoms with Crippen LogP contribution in [0.1, 0.15) is 35.6 Å². The van der Waals surface area contributed by atoms with E-state index in [-0.39, 0.29) is 5.91 Å². The Hall–Kier alpha value is -2.67. The van der Waals surface area contributed by atoms with Crippen LogP contribution >= 0.6 is 11.8 Å². The predicted octanol–water partition coefficient (Wildman–Crippen LogP) is 4.55. The molecule has 6 nitrogen and oxygen atoms in total. The number of imidazole rings is 1. The van der Waals surface area contributed by atoms with Crippen molar-refractivity contribution in [1.29, 1.82) is 0 Å². The molecule has 0 atom stereocenters. The van der Waals surface area contributed by atoms with Crippen LogP contribution in [0.5, 0.6) is 0 Å². The molecule has 1 amide bonds. The predicted molar refractivity (Wildman–Crippen MR) is 112 cm³/mol. The summed E-state index contributed by atoms with van der Waals surface area (Å²) in [5.41, 5.74) is 1.94. The maximum absolute atomic E-state index is 12.6. The number of aromatic nitrogens is 2. The van der Waals surface area contributed by atoms with Gasteiger partial charge in [0.1, 0.15) is 5.76 Å². The number of furan rings is 1. The van der Waals surface area contributed by atoms with Gasteiger partial charge in [-0.25, -0.2) is 4.98 Å². The lowest BCUT2D eigenvalue weighted by Gasteiger charge is -2.29. The van der Waals surface area contributed by atoms with E-state index in [2.05, 4.69) is 21.3 Å². The molecule has 1 aliphatic rings. The second kappa shape index (κ2) is 8.56. The molecule has 0 radical (unpaired) electrons. The first-order valence-corrected chi connectivity index (χ1v) is 10.5. The normalized spacial score (nSPS) is 14.2. The second-order valence-corrected chi connectivity index (χ2v) is 7.87. The van der Waals surface area contributed by atoms with E-state index < -0.39 is 0 Å². The highest BCUT2D eigenvalue weighted by Gasteiger charge is 2.14. The van der Waals surface area contributed by atoms with Crippen molar-refractivity contribution in [2.75, 3.05) is 23.3 Å². The third-order valence-corrected chi connectivity index (χ3v) is 5.91. The molecule has 0 unspecified atom stereocenters. The average molecular weight is 397 g/mol. The Bertz CT molecular complexity index is 943. The van der Waals surface area contributed by atoms with E-state index in [0.29, 0.717) is 11.5 Å². The van der Waals surface area contributed by atoms with Crippen molar-refractivity contribution in [3.63, 3.8) is 0 Å². The number of nitrogens with zero attached hydrogens (tertiary/aromatic N) is 3. The van der Waals surface area contributed by atoms with Crippen LogP contribution in [0.25, 0.3) is 0 Å². The largest absolute Gasteiger partial charge is 0.455 e. The van der Waals surface area contributed by atoms with E-state index in [9.17, 15) is 4.79 Å². The molecule has 0 saturated carbocycles. The fourth-order valence-corrected chi connectivity index (χ4v) is 4.16. The number of carbonyl (C=O) groups excluding carboxylic acids is 1. The molecule has 2 aromatic heterocycles. The van der Waals surface area contributed by atoms with Crippen molar-refractivity contribution in [2.24, 2.45) is 7.05 Å². The van der Waals surface area contributed by atoms with Crippen molar-refractivity contribution in [3.05, 3.63) is 60.3 Å². The summed E-state index contributed by atoms with van der Waals surface area (Å²) in [5.74, 6) is 1.46. The molecule has 1 fully saturated rings. The van der Waals surface area contributed by atoms with Crippen LogP contribution in [-0.2, 0) is 12.8 Å². The van der Waals surface area contributed by atoms with Gasteiger partial charge in [-0.2, -0.15) is 0 Å². The standard InChI is InChI=1S/C21H24N4O2S/c1-24-13-10-22-21(24)28-15-18-8-9-19(27-18)20(26)23-16-6-5-7-17(14-16)25-11-3-2-4-12-25/h5-10,13-14H,2-4,11-12,15H2,1H3,(H,23,26). The van der Waals surface area contributed by atoms with Gasteiger partial charge >= 0.3 is 0 Å². The van der Waals surface area contributed by atoms with Crippen LogP contribution in [0.15, 0.2) is 58.4 Å². The minimum Gasteiger partial charge on any atom is -0.455 e. The summed E-state index contributed by atoms with van der Waals surface area (Å²) in [6, 6.07) is 11.6. The molecular formula is C21H24N4O2S. The van der Waals surface area contributed by atoms with Crippen LogP contribution in [0.3, 0.4) is 0 Å². The van der Waals surface area contributed by atoms with Crippen molar-refractivity contribution < 1.29 is 9.21 Å². The Morgan fingerprint density at radius 2 is 2.07 bits per heavy atom. The first-order chi connectivity index (χ1) is 13.7. The third kappa shape index (κ3) is 4.42. The fourth-order valence-electron chi connectivity index (χ4n) is 3.33. The lowest BCUT2D eigenvalue weighted by Crippen LogP contribution is -2.29. The third-order valence-electron chi connectivity index (χ3n) is 4.83. The number of thioether (sulfide) groups is 1. The minimum absolute atomic E-state index is 0.232. The zero-order valence-corrected chi connectivity index (χ0v) is 16.7. The van der Waals surface area contributed by atoms with E-state index in [1.54, 1.807) is 24.0 Å². The topological polar surface area (TPSA) is 63.3 Å². The quantitative estimate of drug-likeness (QED) is 0.620. The van der Waals surface area contributed by atoms with Crippen LogP contribution in [0.4, 0.5) is 11.4 Å². The summed E-state index contributed by atoms with van der Waals surface area (Å²) in [6.07, 6.45) is 7.42. The monoisotopic (exact) mass is 396 g/mol. The number of nitrogens with one attached hydrogen (secondary N) is 1. The van der Waals surface area contributed by atoms with E-state index in [4.69, 9.17) is 4.42 Å². The molecule has 0 bridgehead atoms. The summed E-state index contributed by atoms with van der Waals surface area (Å²) in [5, 5.41) is 3.86. The molecule has 0 spiro atoms.